The highest BCUT2D eigenvalue weighted by molar-refractivity contribution is 7.80. The lowest BCUT2D eigenvalue weighted by Crippen LogP contribution is -2.40. The molecule has 2 N–H and O–H groups in total. The van der Waals surface area contributed by atoms with Crippen LogP contribution in [0.25, 0.3) is 0 Å². The molecule has 0 fully saturated rings. The van der Waals surface area contributed by atoms with E-state index in [-0.39, 0.29) is 11.8 Å². The molecular weight excluding hydrogens is 208 g/mol. The summed E-state index contributed by atoms with van der Waals surface area (Å²) in [6.45, 7) is 7.25. The van der Waals surface area contributed by atoms with E-state index >= 15 is 0 Å². The van der Waals surface area contributed by atoms with Crippen molar-refractivity contribution >= 4 is 23.1 Å². The Bertz CT molecular complexity index is 219. The van der Waals surface area contributed by atoms with Gasteiger partial charge in [0.25, 0.3) is 0 Å². The molecule has 0 saturated heterocycles. The smallest absolute Gasteiger partial charge is 0.225 e. The molecule has 0 aliphatic heterocycles. The Morgan fingerprint density at radius 2 is 2.00 bits per heavy atom. The van der Waals surface area contributed by atoms with Crippen molar-refractivity contribution < 1.29 is 4.79 Å². The van der Waals surface area contributed by atoms with Crippen LogP contribution in [0.5, 0.6) is 0 Å². The van der Waals surface area contributed by atoms with Gasteiger partial charge in [-0.05, 0) is 12.8 Å². The first-order valence-electron chi connectivity index (χ1n) is 5.60. The molecule has 0 spiro atoms. The molecule has 0 rings (SSSR count). The van der Waals surface area contributed by atoms with Crippen molar-refractivity contribution in [3.63, 3.8) is 0 Å². The average Bonchev–Trinajstić information content (AvgIpc) is 2.16. The number of hydrogen-bond donors (Lipinski definition) is 1. The van der Waals surface area contributed by atoms with E-state index in [1.807, 2.05) is 13.8 Å². The molecule has 1 atom stereocenters. The van der Waals surface area contributed by atoms with Crippen LogP contribution >= 0.6 is 12.2 Å². The molecule has 0 aliphatic carbocycles. The van der Waals surface area contributed by atoms with Crippen molar-refractivity contribution in [2.75, 3.05) is 13.1 Å². The molecule has 3 nitrogen and oxygen atoms in total. The largest absolute Gasteiger partial charge is 0.392 e. The van der Waals surface area contributed by atoms with Gasteiger partial charge in [0.2, 0.25) is 5.91 Å². The van der Waals surface area contributed by atoms with Crippen molar-refractivity contribution in [2.24, 2.45) is 11.7 Å². The Morgan fingerprint density at radius 1 is 1.40 bits per heavy atom. The summed E-state index contributed by atoms with van der Waals surface area (Å²) in [5.41, 5.74) is 5.47. The zero-order valence-electron chi connectivity index (χ0n) is 9.95. The van der Waals surface area contributed by atoms with Crippen LogP contribution in [0.2, 0.25) is 0 Å². The summed E-state index contributed by atoms with van der Waals surface area (Å²) >= 11 is 4.84. The van der Waals surface area contributed by atoms with Gasteiger partial charge in [0.05, 0.1) is 11.5 Å². The number of nitrogens with two attached hydrogens (primary N) is 1. The molecule has 1 amide bonds. The SMILES string of the molecule is CCCC(C)C(=O)N(CCC)CC(N)=S. The number of carbonyl (C=O) groups excluding carboxylic acids is 1. The topological polar surface area (TPSA) is 46.3 Å². The van der Waals surface area contributed by atoms with Crippen molar-refractivity contribution in [1.82, 2.24) is 4.90 Å². The van der Waals surface area contributed by atoms with Gasteiger partial charge in [-0.15, -0.1) is 0 Å². The first-order chi connectivity index (χ1) is 7.02. The van der Waals surface area contributed by atoms with Gasteiger partial charge < -0.3 is 10.6 Å². The summed E-state index contributed by atoms with van der Waals surface area (Å²) in [6.07, 6.45) is 2.89. The zero-order valence-corrected chi connectivity index (χ0v) is 10.8. The third-order valence-corrected chi connectivity index (χ3v) is 2.42. The lowest BCUT2D eigenvalue weighted by molar-refractivity contribution is -0.134. The van der Waals surface area contributed by atoms with Gasteiger partial charge >= 0.3 is 0 Å². The first-order valence-corrected chi connectivity index (χ1v) is 6.00. The van der Waals surface area contributed by atoms with Crippen molar-refractivity contribution in [3.05, 3.63) is 0 Å². The molecule has 0 aromatic rings. The van der Waals surface area contributed by atoms with E-state index in [4.69, 9.17) is 18.0 Å². The number of carbonyl (C=O) groups is 1. The number of hydrogen-bond acceptors (Lipinski definition) is 2. The Balaban J connectivity index is 4.32. The third-order valence-electron chi connectivity index (χ3n) is 2.30. The standard InChI is InChI=1S/C11H22N2OS/c1-4-6-9(3)11(14)13(7-5-2)8-10(12)15/h9H,4-8H2,1-3H3,(H2,12,15). The molecule has 88 valence electrons. The van der Waals surface area contributed by atoms with Crippen LogP contribution in [0, 0.1) is 5.92 Å². The van der Waals surface area contributed by atoms with Gasteiger partial charge in [0.1, 0.15) is 0 Å². The fourth-order valence-electron chi connectivity index (χ4n) is 1.59. The maximum Gasteiger partial charge on any atom is 0.225 e. The van der Waals surface area contributed by atoms with E-state index in [2.05, 4.69) is 6.92 Å². The summed E-state index contributed by atoms with van der Waals surface area (Å²) < 4.78 is 0. The molecular formula is C11H22N2OS. The second-order valence-corrected chi connectivity index (χ2v) is 4.44. The lowest BCUT2D eigenvalue weighted by Gasteiger charge is -2.24. The van der Waals surface area contributed by atoms with Gasteiger partial charge in [-0.3, -0.25) is 4.79 Å². The van der Waals surface area contributed by atoms with Gasteiger partial charge in [0, 0.05) is 12.5 Å². The molecule has 15 heavy (non-hydrogen) atoms. The maximum atomic E-state index is 12.0. The molecule has 1 unspecified atom stereocenters. The Labute approximate surface area is 98.0 Å². The quantitative estimate of drug-likeness (QED) is 0.680. The highest BCUT2D eigenvalue weighted by atomic mass is 32.1. The maximum absolute atomic E-state index is 12.0. The number of rotatable bonds is 7. The zero-order chi connectivity index (χ0) is 11.8. The predicted molar refractivity (Wildman–Crippen MR) is 67.7 cm³/mol. The van der Waals surface area contributed by atoms with Crippen LogP contribution in [0.3, 0.4) is 0 Å². The Morgan fingerprint density at radius 3 is 2.40 bits per heavy atom. The number of amides is 1. The molecule has 4 heteroatoms. The van der Waals surface area contributed by atoms with Gasteiger partial charge in [-0.1, -0.05) is 39.4 Å². The highest BCUT2D eigenvalue weighted by Crippen LogP contribution is 2.09. The molecule has 0 aromatic heterocycles. The van der Waals surface area contributed by atoms with E-state index in [1.165, 1.54) is 0 Å². The molecule has 0 bridgehead atoms. The summed E-state index contributed by atoms with van der Waals surface area (Å²) in [7, 11) is 0. The molecule has 0 aliphatic rings. The summed E-state index contributed by atoms with van der Waals surface area (Å²) in [4.78, 5) is 14.1. The Kier molecular flexibility index (Phi) is 7.30. The minimum Gasteiger partial charge on any atom is -0.392 e. The predicted octanol–water partition coefficient (Wildman–Crippen LogP) is 1.95. The van der Waals surface area contributed by atoms with E-state index < -0.39 is 0 Å². The molecule has 0 aromatic carbocycles. The fraction of sp³-hybridized carbons (Fsp3) is 0.818. The Hall–Kier alpha value is -0.640. The van der Waals surface area contributed by atoms with Gasteiger partial charge in [-0.25, -0.2) is 0 Å². The lowest BCUT2D eigenvalue weighted by atomic mass is 10.0. The molecule has 0 radical (unpaired) electrons. The van der Waals surface area contributed by atoms with E-state index in [1.54, 1.807) is 4.90 Å². The van der Waals surface area contributed by atoms with Crippen molar-refractivity contribution in [1.29, 1.82) is 0 Å². The van der Waals surface area contributed by atoms with Crippen LogP contribution in [-0.2, 0) is 4.79 Å². The van der Waals surface area contributed by atoms with E-state index in [9.17, 15) is 4.79 Å². The first kappa shape index (κ1) is 14.4. The fourth-order valence-corrected chi connectivity index (χ4v) is 1.75. The highest BCUT2D eigenvalue weighted by Gasteiger charge is 2.19. The van der Waals surface area contributed by atoms with E-state index in [0.29, 0.717) is 11.5 Å². The minimum absolute atomic E-state index is 0.0795. The van der Waals surface area contributed by atoms with Crippen LogP contribution in [0.1, 0.15) is 40.0 Å². The minimum atomic E-state index is 0.0795. The van der Waals surface area contributed by atoms with Crippen LogP contribution in [0.4, 0.5) is 0 Å². The molecule has 0 heterocycles. The second-order valence-electron chi connectivity index (χ2n) is 3.92. The van der Waals surface area contributed by atoms with Gasteiger partial charge in [0.15, 0.2) is 0 Å². The summed E-state index contributed by atoms with van der Waals surface area (Å²) in [5.74, 6) is 0.252. The van der Waals surface area contributed by atoms with Gasteiger partial charge in [-0.2, -0.15) is 0 Å². The van der Waals surface area contributed by atoms with Crippen LogP contribution < -0.4 is 5.73 Å². The molecule has 0 saturated carbocycles. The van der Waals surface area contributed by atoms with E-state index in [0.717, 1.165) is 25.8 Å². The normalized spacial score (nSPS) is 12.2. The average molecular weight is 230 g/mol. The van der Waals surface area contributed by atoms with Crippen molar-refractivity contribution in [3.8, 4) is 0 Å². The third kappa shape index (κ3) is 5.72. The number of thiocarbonyl (C=S) groups is 1. The van der Waals surface area contributed by atoms with Crippen LogP contribution in [0.15, 0.2) is 0 Å². The monoisotopic (exact) mass is 230 g/mol. The van der Waals surface area contributed by atoms with Crippen LogP contribution in [-0.4, -0.2) is 28.9 Å². The second kappa shape index (κ2) is 7.63. The number of nitrogens with zero attached hydrogens (tertiary/aromatic N) is 1. The summed E-state index contributed by atoms with van der Waals surface area (Å²) in [6, 6.07) is 0. The summed E-state index contributed by atoms with van der Waals surface area (Å²) in [5, 5.41) is 0. The van der Waals surface area contributed by atoms with Crippen molar-refractivity contribution in [2.45, 2.75) is 40.0 Å².